The van der Waals surface area contributed by atoms with Crippen molar-refractivity contribution in [3.05, 3.63) is 65.5 Å². The first-order chi connectivity index (χ1) is 9.98. The van der Waals surface area contributed by atoms with Crippen LogP contribution >= 0.6 is 0 Å². The molecule has 2 nitrogen and oxygen atoms in total. The SMILES string of the molecule is OC(CCCc1ccccc1)c1cnccc1C(F)(F)F. The fraction of sp³-hybridized carbons (Fsp3) is 0.312. The zero-order valence-electron chi connectivity index (χ0n) is 11.3. The molecule has 1 aromatic carbocycles. The van der Waals surface area contributed by atoms with Gasteiger partial charge in [0.05, 0.1) is 11.7 Å². The van der Waals surface area contributed by atoms with E-state index in [2.05, 4.69) is 4.98 Å². The minimum atomic E-state index is -4.47. The second kappa shape index (κ2) is 6.72. The molecule has 2 aromatic rings. The van der Waals surface area contributed by atoms with E-state index in [9.17, 15) is 18.3 Å². The van der Waals surface area contributed by atoms with E-state index in [1.807, 2.05) is 30.3 Å². The highest BCUT2D eigenvalue weighted by Gasteiger charge is 2.34. The van der Waals surface area contributed by atoms with Crippen LogP contribution in [0.15, 0.2) is 48.8 Å². The number of halogens is 3. The number of pyridine rings is 1. The molecule has 0 radical (unpaired) electrons. The lowest BCUT2D eigenvalue weighted by molar-refractivity contribution is -0.139. The van der Waals surface area contributed by atoms with Crippen LogP contribution in [0.25, 0.3) is 0 Å². The molecular weight excluding hydrogens is 279 g/mol. The highest BCUT2D eigenvalue weighted by molar-refractivity contribution is 5.28. The molecule has 2 rings (SSSR count). The standard InChI is InChI=1S/C16H16F3NO/c17-16(18,19)14-9-10-20-11-13(14)15(21)8-4-7-12-5-2-1-3-6-12/h1-3,5-6,9-11,15,21H,4,7-8H2. The summed E-state index contributed by atoms with van der Waals surface area (Å²) in [6.07, 6.45) is -1.85. The first-order valence-electron chi connectivity index (χ1n) is 6.71. The van der Waals surface area contributed by atoms with Crippen LogP contribution in [0.3, 0.4) is 0 Å². The molecule has 1 N–H and O–H groups in total. The zero-order valence-corrected chi connectivity index (χ0v) is 11.3. The van der Waals surface area contributed by atoms with Crippen molar-refractivity contribution < 1.29 is 18.3 Å². The Morgan fingerprint density at radius 2 is 1.81 bits per heavy atom. The molecule has 0 bridgehead atoms. The number of rotatable bonds is 5. The molecule has 0 saturated heterocycles. The van der Waals surface area contributed by atoms with Gasteiger partial charge in [0.2, 0.25) is 0 Å². The number of aryl methyl sites for hydroxylation is 1. The summed E-state index contributed by atoms with van der Waals surface area (Å²) < 4.78 is 38.6. The van der Waals surface area contributed by atoms with Crippen molar-refractivity contribution in [2.75, 3.05) is 0 Å². The van der Waals surface area contributed by atoms with Gasteiger partial charge < -0.3 is 5.11 Å². The molecule has 0 aliphatic heterocycles. The first kappa shape index (κ1) is 15.5. The highest BCUT2D eigenvalue weighted by Crippen LogP contribution is 2.35. The molecule has 1 atom stereocenters. The molecular formula is C16H16F3NO. The normalized spacial score (nSPS) is 13.1. The maximum Gasteiger partial charge on any atom is 0.416 e. The number of nitrogens with zero attached hydrogens (tertiary/aromatic N) is 1. The lowest BCUT2D eigenvalue weighted by atomic mass is 9.99. The first-order valence-corrected chi connectivity index (χ1v) is 6.71. The molecule has 0 fully saturated rings. The Balaban J connectivity index is 1.99. The lowest BCUT2D eigenvalue weighted by Crippen LogP contribution is -2.12. The Hall–Kier alpha value is -1.88. The van der Waals surface area contributed by atoms with E-state index in [4.69, 9.17) is 0 Å². The zero-order chi connectivity index (χ0) is 15.3. The van der Waals surface area contributed by atoms with Gasteiger partial charge in [-0.3, -0.25) is 4.98 Å². The number of hydrogen-bond donors (Lipinski definition) is 1. The minimum absolute atomic E-state index is 0.155. The van der Waals surface area contributed by atoms with Crippen LogP contribution in [0.1, 0.15) is 35.6 Å². The average Bonchev–Trinajstić information content (AvgIpc) is 2.47. The van der Waals surface area contributed by atoms with Gasteiger partial charge in [0.1, 0.15) is 0 Å². The predicted octanol–water partition coefficient (Wildman–Crippen LogP) is 4.16. The van der Waals surface area contributed by atoms with Crippen LogP contribution in [0, 0.1) is 0 Å². The van der Waals surface area contributed by atoms with Gasteiger partial charge in [-0.1, -0.05) is 30.3 Å². The van der Waals surface area contributed by atoms with E-state index < -0.39 is 17.8 Å². The van der Waals surface area contributed by atoms with Gasteiger partial charge in [0.15, 0.2) is 0 Å². The summed E-state index contributed by atoms with van der Waals surface area (Å²) in [5.74, 6) is 0. The van der Waals surface area contributed by atoms with Crippen molar-refractivity contribution in [2.24, 2.45) is 0 Å². The van der Waals surface area contributed by atoms with E-state index in [1.54, 1.807) is 0 Å². The number of aliphatic hydroxyl groups is 1. The highest BCUT2D eigenvalue weighted by atomic mass is 19.4. The van der Waals surface area contributed by atoms with E-state index in [0.29, 0.717) is 6.42 Å². The summed E-state index contributed by atoms with van der Waals surface area (Å²) in [6.45, 7) is 0. The third-order valence-corrected chi connectivity index (χ3v) is 3.30. The quantitative estimate of drug-likeness (QED) is 0.898. The van der Waals surface area contributed by atoms with Crippen molar-refractivity contribution in [3.8, 4) is 0 Å². The van der Waals surface area contributed by atoms with Crippen LogP contribution in [0.5, 0.6) is 0 Å². The molecule has 1 heterocycles. The maximum atomic E-state index is 12.9. The van der Waals surface area contributed by atoms with Gasteiger partial charge in [0.25, 0.3) is 0 Å². The summed E-state index contributed by atoms with van der Waals surface area (Å²) in [4.78, 5) is 3.69. The third kappa shape index (κ3) is 4.29. The minimum Gasteiger partial charge on any atom is -0.388 e. The predicted molar refractivity (Wildman–Crippen MR) is 73.6 cm³/mol. The molecule has 1 aromatic heterocycles. The Morgan fingerprint density at radius 1 is 1.10 bits per heavy atom. The molecule has 0 amide bonds. The Bertz CT molecular complexity index is 569. The summed E-state index contributed by atoms with van der Waals surface area (Å²) in [6, 6.07) is 10.5. The second-order valence-corrected chi connectivity index (χ2v) is 4.85. The maximum absolute atomic E-state index is 12.9. The van der Waals surface area contributed by atoms with Gasteiger partial charge >= 0.3 is 6.18 Å². The van der Waals surface area contributed by atoms with Gasteiger partial charge in [-0.05, 0) is 30.9 Å². The number of benzene rings is 1. The number of hydrogen-bond acceptors (Lipinski definition) is 2. The number of aliphatic hydroxyl groups excluding tert-OH is 1. The van der Waals surface area contributed by atoms with E-state index in [0.717, 1.165) is 30.4 Å². The third-order valence-electron chi connectivity index (χ3n) is 3.30. The Kier molecular flexibility index (Phi) is 4.96. The molecule has 21 heavy (non-hydrogen) atoms. The smallest absolute Gasteiger partial charge is 0.388 e. The Labute approximate surface area is 121 Å². The molecule has 1 unspecified atom stereocenters. The van der Waals surface area contributed by atoms with E-state index >= 15 is 0 Å². The largest absolute Gasteiger partial charge is 0.416 e. The molecule has 5 heteroatoms. The molecule has 112 valence electrons. The molecule has 0 saturated carbocycles. The lowest BCUT2D eigenvalue weighted by Gasteiger charge is -2.16. The van der Waals surface area contributed by atoms with Crippen LogP contribution in [-0.2, 0) is 12.6 Å². The van der Waals surface area contributed by atoms with Crippen LogP contribution in [0.4, 0.5) is 13.2 Å². The number of aromatic nitrogens is 1. The summed E-state index contributed by atoms with van der Waals surface area (Å²) in [5.41, 5.74) is 0.134. The summed E-state index contributed by atoms with van der Waals surface area (Å²) >= 11 is 0. The van der Waals surface area contributed by atoms with Crippen molar-refractivity contribution >= 4 is 0 Å². The van der Waals surface area contributed by atoms with Gasteiger partial charge in [-0.15, -0.1) is 0 Å². The monoisotopic (exact) mass is 295 g/mol. The number of alkyl halides is 3. The van der Waals surface area contributed by atoms with Crippen molar-refractivity contribution in [3.63, 3.8) is 0 Å². The molecule has 0 spiro atoms. The fourth-order valence-electron chi connectivity index (χ4n) is 2.23. The van der Waals surface area contributed by atoms with E-state index in [-0.39, 0.29) is 12.0 Å². The summed E-state index contributed by atoms with van der Waals surface area (Å²) in [7, 11) is 0. The molecule has 0 aliphatic rings. The van der Waals surface area contributed by atoms with Crippen LogP contribution in [-0.4, -0.2) is 10.1 Å². The van der Waals surface area contributed by atoms with Gasteiger partial charge in [-0.25, -0.2) is 0 Å². The van der Waals surface area contributed by atoms with Crippen LogP contribution < -0.4 is 0 Å². The van der Waals surface area contributed by atoms with Gasteiger partial charge in [-0.2, -0.15) is 13.2 Å². The fourth-order valence-corrected chi connectivity index (χ4v) is 2.23. The average molecular weight is 295 g/mol. The van der Waals surface area contributed by atoms with Gasteiger partial charge in [0, 0.05) is 18.0 Å². The Morgan fingerprint density at radius 3 is 2.48 bits per heavy atom. The van der Waals surface area contributed by atoms with Crippen molar-refractivity contribution in [1.82, 2.24) is 4.98 Å². The topological polar surface area (TPSA) is 33.1 Å². The van der Waals surface area contributed by atoms with Crippen LogP contribution in [0.2, 0.25) is 0 Å². The molecule has 0 aliphatic carbocycles. The second-order valence-electron chi connectivity index (χ2n) is 4.85. The summed E-state index contributed by atoms with van der Waals surface area (Å²) in [5, 5.41) is 10.0. The van der Waals surface area contributed by atoms with Crippen molar-refractivity contribution in [1.29, 1.82) is 0 Å². The van der Waals surface area contributed by atoms with E-state index in [1.165, 1.54) is 0 Å². The van der Waals surface area contributed by atoms with Crippen molar-refractivity contribution in [2.45, 2.75) is 31.5 Å².